The van der Waals surface area contributed by atoms with Gasteiger partial charge < -0.3 is 9.64 Å². The van der Waals surface area contributed by atoms with Gasteiger partial charge in [-0.1, -0.05) is 12.8 Å². The minimum atomic E-state index is 0.369. The van der Waals surface area contributed by atoms with Gasteiger partial charge in [0.1, 0.15) is 11.9 Å². The Morgan fingerprint density at radius 3 is 2.52 bits per heavy atom. The number of nitrogens with zero attached hydrogens (tertiary/aromatic N) is 4. The first-order valence-electron chi connectivity index (χ1n) is 7.94. The quantitative estimate of drug-likeness (QED) is 0.851. The van der Waals surface area contributed by atoms with E-state index in [9.17, 15) is 0 Å². The van der Waals surface area contributed by atoms with E-state index in [1.807, 2.05) is 6.07 Å². The molecule has 5 nitrogen and oxygen atoms in total. The Balaban J connectivity index is 1.44. The second-order valence-corrected chi connectivity index (χ2v) is 6.04. The Hall–Kier alpha value is -1.67. The molecular formula is C16H22N4O. The van der Waals surface area contributed by atoms with E-state index in [2.05, 4.69) is 14.9 Å². The summed E-state index contributed by atoms with van der Waals surface area (Å²) < 4.78 is 6.08. The molecule has 0 radical (unpaired) electrons. The van der Waals surface area contributed by atoms with Crippen molar-refractivity contribution in [3.63, 3.8) is 0 Å². The van der Waals surface area contributed by atoms with Gasteiger partial charge in [-0.05, 0) is 31.6 Å². The predicted octanol–water partition coefficient (Wildman–Crippen LogP) is 2.52. The van der Waals surface area contributed by atoms with Crippen LogP contribution in [0.25, 0.3) is 0 Å². The fraction of sp³-hybridized carbons (Fsp3) is 0.688. The molecule has 0 spiro atoms. The third kappa shape index (κ3) is 3.70. The molecule has 3 rings (SSSR count). The van der Waals surface area contributed by atoms with Crippen LogP contribution in [0, 0.1) is 17.2 Å². The molecule has 1 aromatic heterocycles. The summed E-state index contributed by atoms with van der Waals surface area (Å²) in [7, 11) is 0. The molecule has 112 valence electrons. The van der Waals surface area contributed by atoms with E-state index in [0.29, 0.717) is 11.8 Å². The highest BCUT2D eigenvalue weighted by molar-refractivity contribution is 5.37. The van der Waals surface area contributed by atoms with E-state index in [0.717, 1.165) is 44.3 Å². The lowest BCUT2D eigenvalue weighted by Gasteiger charge is -2.33. The summed E-state index contributed by atoms with van der Waals surface area (Å²) in [6, 6.07) is 2.00. The summed E-state index contributed by atoms with van der Waals surface area (Å²) in [6.45, 7) is 2.85. The summed E-state index contributed by atoms with van der Waals surface area (Å²) in [5, 5.41) is 8.74. The topological polar surface area (TPSA) is 62.0 Å². The Kier molecular flexibility index (Phi) is 4.66. The molecule has 0 bridgehead atoms. The van der Waals surface area contributed by atoms with Crippen LogP contribution in [0.4, 0.5) is 5.82 Å². The standard InChI is InChI=1S/C16H22N4O/c17-9-14-10-19-16(11-18-14)20-7-5-15(6-8-20)21-12-13-3-1-2-4-13/h10-11,13,15H,1-8,12H2. The van der Waals surface area contributed by atoms with Gasteiger partial charge in [0.05, 0.1) is 18.5 Å². The van der Waals surface area contributed by atoms with Gasteiger partial charge in [-0.2, -0.15) is 5.26 Å². The lowest BCUT2D eigenvalue weighted by atomic mass is 10.1. The lowest BCUT2D eigenvalue weighted by Crippen LogP contribution is -2.38. The maximum atomic E-state index is 8.74. The van der Waals surface area contributed by atoms with Crippen LogP contribution in [-0.4, -0.2) is 35.8 Å². The first-order chi connectivity index (χ1) is 10.3. The molecule has 5 heteroatoms. The first kappa shape index (κ1) is 14.3. The summed E-state index contributed by atoms with van der Waals surface area (Å²) in [4.78, 5) is 10.6. The van der Waals surface area contributed by atoms with E-state index in [4.69, 9.17) is 10.00 Å². The van der Waals surface area contributed by atoms with Crippen molar-refractivity contribution in [2.45, 2.75) is 44.6 Å². The number of rotatable bonds is 4. The van der Waals surface area contributed by atoms with Crippen molar-refractivity contribution in [1.29, 1.82) is 5.26 Å². The van der Waals surface area contributed by atoms with Crippen molar-refractivity contribution in [2.75, 3.05) is 24.6 Å². The highest BCUT2D eigenvalue weighted by Gasteiger charge is 2.23. The molecule has 1 aliphatic heterocycles. The number of nitriles is 1. The third-order valence-corrected chi connectivity index (χ3v) is 4.56. The molecule has 21 heavy (non-hydrogen) atoms. The zero-order chi connectivity index (χ0) is 14.5. The maximum Gasteiger partial charge on any atom is 0.158 e. The second kappa shape index (κ2) is 6.86. The molecule has 0 N–H and O–H groups in total. The van der Waals surface area contributed by atoms with Crippen molar-refractivity contribution in [2.24, 2.45) is 5.92 Å². The molecule has 0 aromatic carbocycles. The number of ether oxygens (including phenoxy) is 1. The van der Waals surface area contributed by atoms with Gasteiger partial charge in [0.25, 0.3) is 0 Å². The van der Waals surface area contributed by atoms with Crippen molar-refractivity contribution >= 4 is 5.82 Å². The van der Waals surface area contributed by atoms with E-state index in [1.165, 1.54) is 31.9 Å². The van der Waals surface area contributed by atoms with E-state index < -0.39 is 0 Å². The Labute approximate surface area is 126 Å². The monoisotopic (exact) mass is 286 g/mol. The van der Waals surface area contributed by atoms with Crippen molar-refractivity contribution < 1.29 is 4.74 Å². The highest BCUT2D eigenvalue weighted by Crippen LogP contribution is 2.26. The molecule has 1 aliphatic carbocycles. The molecule has 0 atom stereocenters. The number of piperidine rings is 1. The second-order valence-electron chi connectivity index (χ2n) is 6.04. The molecule has 0 amide bonds. The summed E-state index contributed by atoms with van der Waals surface area (Å²) in [6.07, 6.45) is 11.2. The third-order valence-electron chi connectivity index (χ3n) is 4.56. The van der Waals surface area contributed by atoms with Gasteiger partial charge in [0, 0.05) is 19.7 Å². The Morgan fingerprint density at radius 2 is 1.90 bits per heavy atom. The van der Waals surface area contributed by atoms with Crippen molar-refractivity contribution in [3.8, 4) is 6.07 Å². The highest BCUT2D eigenvalue weighted by atomic mass is 16.5. The van der Waals surface area contributed by atoms with Crippen LogP contribution >= 0.6 is 0 Å². The van der Waals surface area contributed by atoms with Crippen molar-refractivity contribution in [3.05, 3.63) is 18.1 Å². The Bertz CT molecular complexity index is 482. The minimum Gasteiger partial charge on any atom is -0.378 e. The fourth-order valence-electron chi connectivity index (χ4n) is 3.24. The van der Waals surface area contributed by atoms with E-state index in [-0.39, 0.29) is 0 Å². The molecule has 1 aromatic rings. The molecule has 1 saturated heterocycles. The fourth-order valence-corrected chi connectivity index (χ4v) is 3.24. The van der Waals surface area contributed by atoms with Crippen LogP contribution in [-0.2, 0) is 4.74 Å². The van der Waals surface area contributed by atoms with Crippen molar-refractivity contribution in [1.82, 2.24) is 9.97 Å². The molecule has 2 heterocycles. The van der Waals surface area contributed by atoms with E-state index >= 15 is 0 Å². The Morgan fingerprint density at radius 1 is 1.14 bits per heavy atom. The summed E-state index contributed by atoms with van der Waals surface area (Å²) in [5.74, 6) is 1.66. The average Bonchev–Trinajstić information content (AvgIpc) is 3.07. The maximum absolute atomic E-state index is 8.74. The summed E-state index contributed by atoms with van der Waals surface area (Å²) >= 11 is 0. The van der Waals surface area contributed by atoms with Gasteiger partial charge in [0.15, 0.2) is 5.69 Å². The average molecular weight is 286 g/mol. The van der Waals surface area contributed by atoms with Crippen LogP contribution in [0.3, 0.4) is 0 Å². The van der Waals surface area contributed by atoms with Crippen LogP contribution in [0.15, 0.2) is 12.4 Å². The smallest absolute Gasteiger partial charge is 0.158 e. The molecule has 0 unspecified atom stereocenters. The largest absolute Gasteiger partial charge is 0.378 e. The number of hydrogen-bond acceptors (Lipinski definition) is 5. The van der Waals surface area contributed by atoms with Crippen LogP contribution in [0.5, 0.6) is 0 Å². The van der Waals surface area contributed by atoms with Crippen LogP contribution in [0.1, 0.15) is 44.2 Å². The lowest BCUT2D eigenvalue weighted by molar-refractivity contribution is 0.0164. The van der Waals surface area contributed by atoms with Gasteiger partial charge >= 0.3 is 0 Å². The number of aromatic nitrogens is 2. The molecule has 2 fully saturated rings. The predicted molar refractivity (Wildman–Crippen MR) is 79.9 cm³/mol. The van der Waals surface area contributed by atoms with Gasteiger partial charge in [0.2, 0.25) is 0 Å². The van der Waals surface area contributed by atoms with Gasteiger partial charge in [-0.3, -0.25) is 0 Å². The molecular weight excluding hydrogens is 264 g/mol. The minimum absolute atomic E-state index is 0.369. The summed E-state index contributed by atoms with van der Waals surface area (Å²) in [5.41, 5.74) is 0.369. The SMILES string of the molecule is N#Cc1cnc(N2CCC(OCC3CCCC3)CC2)cn1. The van der Waals surface area contributed by atoms with Gasteiger partial charge in [-0.25, -0.2) is 9.97 Å². The molecule has 2 aliphatic rings. The number of anilines is 1. The van der Waals surface area contributed by atoms with Crippen LogP contribution in [0.2, 0.25) is 0 Å². The van der Waals surface area contributed by atoms with E-state index in [1.54, 1.807) is 6.20 Å². The normalized spacial score (nSPS) is 20.6. The zero-order valence-electron chi connectivity index (χ0n) is 12.4. The number of hydrogen-bond donors (Lipinski definition) is 0. The van der Waals surface area contributed by atoms with Crippen LogP contribution < -0.4 is 4.90 Å². The van der Waals surface area contributed by atoms with Gasteiger partial charge in [-0.15, -0.1) is 0 Å². The first-order valence-corrected chi connectivity index (χ1v) is 7.94. The molecule has 1 saturated carbocycles. The zero-order valence-corrected chi connectivity index (χ0v) is 12.4.